The lowest BCUT2D eigenvalue weighted by atomic mass is 10.1. The minimum Gasteiger partial charge on any atom is -0.481 e. The van der Waals surface area contributed by atoms with Crippen molar-refractivity contribution in [3.8, 4) is 17.1 Å². The van der Waals surface area contributed by atoms with Gasteiger partial charge in [-0.25, -0.2) is 4.98 Å². The fourth-order valence-corrected chi connectivity index (χ4v) is 1.51. The minimum absolute atomic E-state index is 0.583. The maximum absolute atomic E-state index is 5.74. The Morgan fingerprint density at radius 3 is 2.62 bits per heavy atom. The van der Waals surface area contributed by atoms with E-state index in [1.165, 1.54) is 0 Å². The molecule has 0 aliphatic rings. The quantitative estimate of drug-likeness (QED) is 0.827. The number of aromatic nitrogens is 3. The molecule has 0 bridgehead atoms. The van der Waals surface area contributed by atoms with Gasteiger partial charge in [-0.1, -0.05) is 0 Å². The Kier molecular flexibility index (Phi) is 2.52. The molecule has 0 aliphatic heterocycles. The molecule has 0 aromatic carbocycles. The van der Waals surface area contributed by atoms with Crippen LogP contribution in [0.4, 0.5) is 5.82 Å². The number of ether oxygens (including phenoxy) is 1. The third-order valence-corrected chi connectivity index (χ3v) is 2.35. The lowest BCUT2D eigenvalue weighted by Gasteiger charge is -2.03. The van der Waals surface area contributed by atoms with E-state index in [9.17, 15) is 0 Å². The minimum atomic E-state index is 0.583. The van der Waals surface area contributed by atoms with Gasteiger partial charge in [0.2, 0.25) is 5.88 Å². The van der Waals surface area contributed by atoms with Crippen molar-refractivity contribution < 1.29 is 4.74 Å². The van der Waals surface area contributed by atoms with Crippen LogP contribution in [-0.4, -0.2) is 21.9 Å². The summed E-state index contributed by atoms with van der Waals surface area (Å²) in [6.45, 7) is 1.91. The van der Waals surface area contributed by atoms with Crippen LogP contribution in [0.5, 0.6) is 5.88 Å². The predicted molar refractivity (Wildman–Crippen MR) is 62.1 cm³/mol. The van der Waals surface area contributed by atoms with Crippen molar-refractivity contribution in [2.24, 2.45) is 7.05 Å². The van der Waals surface area contributed by atoms with Crippen LogP contribution in [0.1, 0.15) is 5.69 Å². The topological polar surface area (TPSA) is 66.0 Å². The number of nitrogens with zero attached hydrogens (tertiary/aromatic N) is 3. The molecule has 2 heterocycles. The molecule has 0 spiro atoms. The zero-order valence-corrected chi connectivity index (χ0v) is 9.56. The number of aryl methyl sites for hydroxylation is 2. The molecular formula is C11H14N4O. The Balaban J connectivity index is 2.50. The summed E-state index contributed by atoms with van der Waals surface area (Å²) in [6.07, 6.45) is 0. The number of nitrogens with two attached hydrogens (primary N) is 1. The fraction of sp³-hybridized carbons (Fsp3) is 0.273. The molecule has 2 rings (SSSR count). The van der Waals surface area contributed by atoms with Gasteiger partial charge in [-0.05, 0) is 13.0 Å². The summed E-state index contributed by atoms with van der Waals surface area (Å²) in [5.74, 6) is 1.21. The average Bonchev–Trinajstić information content (AvgIpc) is 2.58. The molecule has 5 heteroatoms. The molecule has 16 heavy (non-hydrogen) atoms. The highest BCUT2D eigenvalue weighted by Gasteiger charge is 2.07. The van der Waals surface area contributed by atoms with Crippen molar-refractivity contribution in [3.63, 3.8) is 0 Å². The standard InChI is InChI=1S/C11H14N4O/c1-7-4-8(5-11(13-7)16-3)9-6-10(12)15(2)14-9/h4-6H,12H2,1-3H3. The van der Waals surface area contributed by atoms with E-state index in [-0.39, 0.29) is 0 Å². The van der Waals surface area contributed by atoms with E-state index in [1.54, 1.807) is 11.8 Å². The van der Waals surface area contributed by atoms with Gasteiger partial charge < -0.3 is 10.5 Å². The summed E-state index contributed by atoms with van der Waals surface area (Å²) in [7, 11) is 3.41. The van der Waals surface area contributed by atoms with E-state index < -0.39 is 0 Å². The molecule has 0 saturated heterocycles. The first-order valence-corrected chi connectivity index (χ1v) is 4.92. The van der Waals surface area contributed by atoms with Crippen LogP contribution >= 0.6 is 0 Å². The number of nitrogen functional groups attached to an aromatic ring is 1. The third-order valence-electron chi connectivity index (χ3n) is 2.35. The molecule has 2 aromatic heterocycles. The van der Waals surface area contributed by atoms with Gasteiger partial charge in [-0.15, -0.1) is 0 Å². The van der Waals surface area contributed by atoms with Crippen molar-refractivity contribution in [2.45, 2.75) is 6.92 Å². The van der Waals surface area contributed by atoms with Gasteiger partial charge in [0.25, 0.3) is 0 Å². The van der Waals surface area contributed by atoms with Crippen molar-refractivity contribution in [1.29, 1.82) is 0 Å². The molecule has 84 valence electrons. The van der Waals surface area contributed by atoms with Gasteiger partial charge in [0.15, 0.2) is 0 Å². The monoisotopic (exact) mass is 218 g/mol. The van der Waals surface area contributed by atoms with E-state index in [2.05, 4.69) is 10.1 Å². The third kappa shape index (κ3) is 1.84. The van der Waals surface area contributed by atoms with E-state index in [0.29, 0.717) is 11.7 Å². The fourth-order valence-electron chi connectivity index (χ4n) is 1.51. The SMILES string of the molecule is COc1cc(-c2cc(N)n(C)n2)cc(C)n1. The number of pyridine rings is 1. The average molecular weight is 218 g/mol. The van der Waals surface area contributed by atoms with E-state index in [0.717, 1.165) is 17.0 Å². The highest BCUT2D eigenvalue weighted by molar-refractivity contribution is 5.63. The number of hydrogen-bond donors (Lipinski definition) is 1. The van der Waals surface area contributed by atoms with Crippen molar-refractivity contribution >= 4 is 5.82 Å². The normalized spacial score (nSPS) is 10.4. The summed E-state index contributed by atoms with van der Waals surface area (Å²) < 4.78 is 6.75. The van der Waals surface area contributed by atoms with Crippen LogP contribution < -0.4 is 10.5 Å². The Morgan fingerprint density at radius 1 is 1.31 bits per heavy atom. The Morgan fingerprint density at radius 2 is 2.06 bits per heavy atom. The lowest BCUT2D eigenvalue weighted by molar-refractivity contribution is 0.397. The van der Waals surface area contributed by atoms with Crippen LogP contribution in [-0.2, 0) is 7.05 Å². The summed E-state index contributed by atoms with van der Waals surface area (Å²) in [5, 5.41) is 4.31. The van der Waals surface area contributed by atoms with Gasteiger partial charge in [0, 0.05) is 30.4 Å². The van der Waals surface area contributed by atoms with Crippen LogP contribution in [0.15, 0.2) is 18.2 Å². The number of anilines is 1. The Hall–Kier alpha value is -2.04. The van der Waals surface area contributed by atoms with E-state index >= 15 is 0 Å². The largest absolute Gasteiger partial charge is 0.481 e. The van der Waals surface area contributed by atoms with Gasteiger partial charge >= 0.3 is 0 Å². The molecule has 0 radical (unpaired) electrons. The summed E-state index contributed by atoms with van der Waals surface area (Å²) in [4.78, 5) is 4.22. The molecule has 0 atom stereocenters. The summed E-state index contributed by atoms with van der Waals surface area (Å²) in [6, 6.07) is 5.62. The molecule has 2 aromatic rings. The highest BCUT2D eigenvalue weighted by atomic mass is 16.5. The van der Waals surface area contributed by atoms with Crippen LogP contribution in [0.2, 0.25) is 0 Å². The van der Waals surface area contributed by atoms with Crippen molar-refractivity contribution in [1.82, 2.24) is 14.8 Å². The first-order chi connectivity index (χ1) is 7.60. The van der Waals surface area contributed by atoms with E-state index in [4.69, 9.17) is 10.5 Å². The predicted octanol–water partition coefficient (Wildman–Crippen LogP) is 1.38. The van der Waals surface area contributed by atoms with Crippen LogP contribution in [0.25, 0.3) is 11.3 Å². The second-order valence-electron chi connectivity index (χ2n) is 3.62. The van der Waals surface area contributed by atoms with Crippen LogP contribution in [0, 0.1) is 6.92 Å². The molecule has 0 amide bonds. The van der Waals surface area contributed by atoms with Crippen molar-refractivity contribution in [2.75, 3.05) is 12.8 Å². The number of rotatable bonds is 2. The zero-order valence-electron chi connectivity index (χ0n) is 9.56. The molecule has 0 saturated carbocycles. The Bertz CT molecular complexity index is 499. The van der Waals surface area contributed by atoms with Gasteiger partial charge in [0.05, 0.1) is 12.8 Å². The van der Waals surface area contributed by atoms with Gasteiger partial charge in [0.1, 0.15) is 5.82 Å². The van der Waals surface area contributed by atoms with Crippen LogP contribution in [0.3, 0.4) is 0 Å². The van der Waals surface area contributed by atoms with Crippen molar-refractivity contribution in [3.05, 3.63) is 23.9 Å². The molecule has 5 nitrogen and oxygen atoms in total. The maximum atomic E-state index is 5.74. The highest BCUT2D eigenvalue weighted by Crippen LogP contribution is 2.23. The molecule has 0 unspecified atom stereocenters. The molecule has 0 fully saturated rings. The maximum Gasteiger partial charge on any atom is 0.213 e. The zero-order chi connectivity index (χ0) is 11.7. The van der Waals surface area contributed by atoms with Gasteiger partial charge in [-0.2, -0.15) is 5.10 Å². The van der Waals surface area contributed by atoms with Gasteiger partial charge in [-0.3, -0.25) is 4.68 Å². The first kappa shape index (κ1) is 10.5. The molecular weight excluding hydrogens is 204 g/mol. The molecule has 2 N–H and O–H groups in total. The second kappa shape index (κ2) is 3.84. The lowest BCUT2D eigenvalue weighted by Crippen LogP contribution is -1.96. The molecule has 0 aliphatic carbocycles. The van der Waals surface area contributed by atoms with E-state index in [1.807, 2.05) is 32.2 Å². The smallest absolute Gasteiger partial charge is 0.213 e. The summed E-state index contributed by atoms with van der Waals surface area (Å²) in [5.41, 5.74) is 8.41. The Labute approximate surface area is 93.9 Å². The summed E-state index contributed by atoms with van der Waals surface area (Å²) >= 11 is 0. The number of hydrogen-bond acceptors (Lipinski definition) is 4. The first-order valence-electron chi connectivity index (χ1n) is 4.92. The second-order valence-corrected chi connectivity index (χ2v) is 3.62. The number of methoxy groups -OCH3 is 1.